The molecule has 1 heterocycles. The molecule has 0 atom stereocenters. The smallest absolute Gasteiger partial charge is 0.277 e. The Kier molecular flexibility index (Phi) is 5.00. The molecule has 0 aliphatic carbocycles. The van der Waals surface area contributed by atoms with E-state index in [1.807, 2.05) is 27.7 Å². The molecule has 0 saturated carbocycles. The van der Waals surface area contributed by atoms with Gasteiger partial charge in [0, 0.05) is 5.69 Å². The lowest BCUT2D eigenvalue weighted by molar-refractivity contribution is 0.102. The Hall–Kier alpha value is -2.41. The van der Waals surface area contributed by atoms with Crippen molar-refractivity contribution in [2.45, 2.75) is 33.2 Å². The van der Waals surface area contributed by atoms with Crippen LogP contribution in [0.25, 0.3) is 0 Å². The van der Waals surface area contributed by atoms with E-state index in [1.165, 1.54) is 0 Å². The van der Waals surface area contributed by atoms with E-state index in [0.29, 0.717) is 11.4 Å². The lowest BCUT2D eigenvalue weighted by Gasteiger charge is -2.17. The molecule has 0 spiro atoms. The van der Waals surface area contributed by atoms with Crippen LogP contribution in [0.5, 0.6) is 5.75 Å². The molecule has 1 amide bonds. The van der Waals surface area contributed by atoms with Gasteiger partial charge in [0.25, 0.3) is 5.91 Å². The molecule has 2 aromatic rings. The minimum absolute atomic E-state index is 0.0403. The van der Waals surface area contributed by atoms with Gasteiger partial charge in [-0.05, 0) is 51.5 Å². The van der Waals surface area contributed by atoms with Crippen molar-refractivity contribution in [3.8, 4) is 5.75 Å². The van der Waals surface area contributed by atoms with E-state index in [-0.39, 0.29) is 30.4 Å². The zero-order chi connectivity index (χ0) is 17.0. The summed E-state index contributed by atoms with van der Waals surface area (Å²) in [5.41, 5.74) is 1.55. The van der Waals surface area contributed by atoms with E-state index >= 15 is 0 Å². The van der Waals surface area contributed by atoms with Gasteiger partial charge in [-0.3, -0.25) is 4.79 Å². The van der Waals surface area contributed by atoms with Crippen LogP contribution in [0.2, 0.25) is 0 Å². The van der Waals surface area contributed by atoms with Crippen LogP contribution in [0.3, 0.4) is 0 Å². The predicted octanol–water partition coefficient (Wildman–Crippen LogP) is 1.96. The number of nitrogens with zero attached hydrogens (tertiary/aromatic N) is 3. The summed E-state index contributed by atoms with van der Waals surface area (Å²) >= 11 is 0. The molecule has 0 fully saturated rings. The number of aliphatic hydroxyl groups excluding tert-OH is 1. The van der Waals surface area contributed by atoms with Gasteiger partial charge in [0.15, 0.2) is 5.69 Å². The number of aryl methyl sites for hydroxylation is 1. The molecule has 0 bridgehead atoms. The van der Waals surface area contributed by atoms with Crippen LogP contribution in [0.15, 0.2) is 24.4 Å². The molecular formula is C16H22N4O3. The number of carbonyl (C=O) groups is 1. The first kappa shape index (κ1) is 17.0. The lowest BCUT2D eigenvalue weighted by Crippen LogP contribution is -2.22. The first-order valence-electron chi connectivity index (χ1n) is 7.40. The van der Waals surface area contributed by atoms with Crippen LogP contribution in [-0.4, -0.2) is 39.2 Å². The highest BCUT2D eigenvalue weighted by Gasteiger charge is 2.18. The van der Waals surface area contributed by atoms with Gasteiger partial charge in [-0.15, -0.1) is 5.10 Å². The number of aromatic nitrogens is 3. The Bertz CT molecular complexity index is 689. The molecule has 7 heteroatoms. The van der Waals surface area contributed by atoms with Crippen LogP contribution in [0, 0.1) is 6.92 Å². The number of hydrogen-bond acceptors (Lipinski definition) is 5. The average molecular weight is 318 g/mol. The minimum Gasteiger partial charge on any atom is -0.491 e. The first-order chi connectivity index (χ1) is 10.8. The summed E-state index contributed by atoms with van der Waals surface area (Å²) in [6, 6.07) is 5.30. The zero-order valence-electron chi connectivity index (χ0n) is 13.8. The molecule has 0 aliphatic rings. The van der Waals surface area contributed by atoms with Crippen molar-refractivity contribution < 1.29 is 14.6 Å². The number of anilines is 1. The molecule has 23 heavy (non-hydrogen) atoms. The SMILES string of the molecule is Cc1cc(NC(=O)c2cn(C(C)(C)C)nn2)ccc1OCCO. The summed E-state index contributed by atoms with van der Waals surface area (Å²) in [4.78, 5) is 12.2. The number of carbonyl (C=O) groups excluding carboxylic acids is 1. The first-order valence-corrected chi connectivity index (χ1v) is 7.40. The molecule has 1 aromatic carbocycles. The summed E-state index contributed by atoms with van der Waals surface area (Å²) in [6.07, 6.45) is 1.63. The van der Waals surface area contributed by atoms with Crippen molar-refractivity contribution in [3.05, 3.63) is 35.7 Å². The van der Waals surface area contributed by atoms with Crippen LogP contribution in [-0.2, 0) is 5.54 Å². The van der Waals surface area contributed by atoms with Gasteiger partial charge in [-0.25, -0.2) is 4.68 Å². The maximum atomic E-state index is 12.2. The van der Waals surface area contributed by atoms with Gasteiger partial charge in [0.05, 0.1) is 18.3 Å². The highest BCUT2D eigenvalue weighted by atomic mass is 16.5. The van der Waals surface area contributed by atoms with E-state index in [9.17, 15) is 4.79 Å². The fourth-order valence-corrected chi connectivity index (χ4v) is 1.94. The van der Waals surface area contributed by atoms with Crippen LogP contribution < -0.4 is 10.1 Å². The third-order valence-electron chi connectivity index (χ3n) is 3.19. The summed E-state index contributed by atoms with van der Waals surface area (Å²) < 4.78 is 7.03. The maximum absolute atomic E-state index is 12.2. The number of rotatable bonds is 5. The molecule has 0 saturated heterocycles. The lowest BCUT2D eigenvalue weighted by atomic mass is 10.1. The normalized spacial score (nSPS) is 11.3. The number of nitrogens with one attached hydrogen (secondary N) is 1. The molecule has 1 aromatic heterocycles. The van der Waals surface area contributed by atoms with Crippen molar-refractivity contribution in [2.24, 2.45) is 0 Å². The Labute approximate surface area is 135 Å². The maximum Gasteiger partial charge on any atom is 0.277 e. The third-order valence-corrected chi connectivity index (χ3v) is 3.19. The zero-order valence-corrected chi connectivity index (χ0v) is 13.8. The molecule has 124 valence electrons. The predicted molar refractivity (Wildman–Crippen MR) is 86.7 cm³/mol. The van der Waals surface area contributed by atoms with Crippen molar-refractivity contribution >= 4 is 11.6 Å². The van der Waals surface area contributed by atoms with Gasteiger partial charge < -0.3 is 15.2 Å². The summed E-state index contributed by atoms with van der Waals surface area (Å²) in [6.45, 7) is 8.02. The van der Waals surface area contributed by atoms with Crippen LogP contribution in [0.1, 0.15) is 36.8 Å². The van der Waals surface area contributed by atoms with Gasteiger partial charge in [-0.2, -0.15) is 0 Å². The molecule has 0 aliphatic heterocycles. The topological polar surface area (TPSA) is 89.3 Å². The minimum atomic E-state index is -0.316. The van der Waals surface area contributed by atoms with Gasteiger partial charge in [0.1, 0.15) is 12.4 Å². The molecule has 2 rings (SSSR count). The number of hydrogen-bond donors (Lipinski definition) is 2. The van der Waals surface area contributed by atoms with Gasteiger partial charge in [-0.1, -0.05) is 5.21 Å². The second-order valence-corrected chi connectivity index (χ2v) is 6.23. The quantitative estimate of drug-likeness (QED) is 0.879. The number of aliphatic hydroxyl groups is 1. The molecular weight excluding hydrogens is 296 g/mol. The largest absolute Gasteiger partial charge is 0.491 e. The van der Waals surface area contributed by atoms with Gasteiger partial charge in [0.2, 0.25) is 0 Å². The van der Waals surface area contributed by atoms with E-state index in [1.54, 1.807) is 29.1 Å². The van der Waals surface area contributed by atoms with E-state index in [4.69, 9.17) is 9.84 Å². The fraction of sp³-hybridized carbons (Fsp3) is 0.438. The Morgan fingerprint density at radius 2 is 2.13 bits per heavy atom. The fourth-order valence-electron chi connectivity index (χ4n) is 1.94. The van der Waals surface area contributed by atoms with E-state index in [0.717, 1.165) is 5.56 Å². The van der Waals surface area contributed by atoms with Crippen molar-refractivity contribution in [2.75, 3.05) is 18.5 Å². The van der Waals surface area contributed by atoms with Crippen LogP contribution in [0.4, 0.5) is 5.69 Å². The van der Waals surface area contributed by atoms with Crippen molar-refractivity contribution in [1.82, 2.24) is 15.0 Å². The van der Waals surface area contributed by atoms with Crippen molar-refractivity contribution in [3.63, 3.8) is 0 Å². The second-order valence-electron chi connectivity index (χ2n) is 6.23. The second kappa shape index (κ2) is 6.78. The van der Waals surface area contributed by atoms with E-state index < -0.39 is 0 Å². The number of benzene rings is 1. The summed E-state index contributed by atoms with van der Waals surface area (Å²) in [7, 11) is 0. The molecule has 2 N–H and O–H groups in total. The van der Waals surface area contributed by atoms with Crippen LogP contribution >= 0.6 is 0 Å². The monoisotopic (exact) mass is 318 g/mol. The molecule has 0 radical (unpaired) electrons. The standard InChI is InChI=1S/C16H22N4O3/c1-11-9-12(5-6-14(11)23-8-7-21)17-15(22)13-10-20(19-18-13)16(2,3)4/h5-6,9-10,21H,7-8H2,1-4H3,(H,17,22). The third kappa shape index (κ3) is 4.29. The molecule has 7 nitrogen and oxygen atoms in total. The summed E-state index contributed by atoms with van der Waals surface area (Å²) in [5, 5.41) is 19.5. The number of ether oxygens (including phenoxy) is 1. The Balaban J connectivity index is 2.08. The molecule has 0 unspecified atom stereocenters. The highest BCUT2D eigenvalue weighted by molar-refractivity contribution is 6.02. The highest BCUT2D eigenvalue weighted by Crippen LogP contribution is 2.22. The Morgan fingerprint density at radius 1 is 1.39 bits per heavy atom. The van der Waals surface area contributed by atoms with Gasteiger partial charge >= 0.3 is 0 Å². The average Bonchev–Trinajstić information content (AvgIpc) is 2.96. The van der Waals surface area contributed by atoms with Crippen molar-refractivity contribution in [1.29, 1.82) is 0 Å². The Morgan fingerprint density at radius 3 is 2.70 bits per heavy atom. The van der Waals surface area contributed by atoms with E-state index in [2.05, 4.69) is 15.6 Å². The summed E-state index contributed by atoms with van der Waals surface area (Å²) in [5.74, 6) is 0.361. The number of amides is 1.